The lowest BCUT2D eigenvalue weighted by atomic mass is 10.1. The zero-order valence-electron chi connectivity index (χ0n) is 7.94. The Bertz CT molecular complexity index is 264. The van der Waals surface area contributed by atoms with E-state index in [9.17, 15) is 5.11 Å². The summed E-state index contributed by atoms with van der Waals surface area (Å²) in [4.78, 5) is 3.91. The molecule has 0 spiro atoms. The molecule has 4 heteroatoms. The molecule has 0 radical (unpaired) electrons. The molecule has 0 aliphatic rings. The van der Waals surface area contributed by atoms with Crippen LogP contribution in [0.5, 0.6) is 11.5 Å². The molecule has 0 aliphatic heterocycles. The van der Waals surface area contributed by atoms with Crippen LogP contribution >= 0.6 is 0 Å². The minimum absolute atomic E-state index is 0.536. The monoisotopic (exact) mass is 183 g/mol. The second kappa shape index (κ2) is 4.09. The molecule has 0 aromatic carbocycles. The maximum atomic E-state index is 9.46. The lowest BCUT2D eigenvalue weighted by Crippen LogP contribution is -2.01. The quantitative estimate of drug-likeness (QED) is 0.763. The second-order valence-corrected chi connectivity index (χ2v) is 2.63. The van der Waals surface area contributed by atoms with Crippen LogP contribution in [0, 0.1) is 0 Å². The van der Waals surface area contributed by atoms with E-state index in [-0.39, 0.29) is 0 Å². The van der Waals surface area contributed by atoms with E-state index >= 15 is 0 Å². The molecule has 0 saturated heterocycles. The Morgan fingerprint density at radius 3 is 2.00 bits per heavy atom. The van der Waals surface area contributed by atoms with Gasteiger partial charge in [0.05, 0.1) is 38.3 Å². The van der Waals surface area contributed by atoms with Gasteiger partial charge in [-0.1, -0.05) is 0 Å². The van der Waals surface area contributed by atoms with Crippen molar-refractivity contribution in [2.45, 2.75) is 13.0 Å². The van der Waals surface area contributed by atoms with Gasteiger partial charge in [0, 0.05) is 0 Å². The first-order valence-corrected chi connectivity index (χ1v) is 3.94. The second-order valence-electron chi connectivity index (χ2n) is 2.63. The zero-order valence-corrected chi connectivity index (χ0v) is 7.94. The Hall–Kier alpha value is -1.29. The lowest BCUT2D eigenvalue weighted by Gasteiger charge is -2.13. The Kier molecular flexibility index (Phi) is 3.08. The lowest BCUT2D eigenvalue weighted by molar-refractivity contribution is 0.188. The van der Waals surface area contributed by atoms with Crippen molar-refractivity contribution in [3.8, 4) is 11.5 Å². The molecular formula is C9H13NO3. The number of hydrogen-bond acceptors (Lipinski definition) is 4. The molecule has 1 heterocycles. The van der Waals surface area contributed by atoms with Gasteiger partial charge in [-0.3, -0.25) is 4.98 Å². The van der Waals surface area contributed by atoms with Gasteiger partial charge in [-0.2, -0.15) is 0 Å². The maximum Gasteiger partial charge on any atom is 0.146 e. The van der Waals surface area contributed by atoms with Crippen LogP contribution in [0.1, 0.15) is 18.6 Å². The molecule has 13 heavy (non-hydrogen) atoms. The summed E-state index contributed by atoms with van der Waals surface area (Å²) in [6, 6.07) is 0. The Morgan fingerprint density at radius 2 is 1.69 bits per heavy atom. The third-order valence-corrected chi connectivity index (χ3v) is 1.77. The predicted octanol–water partition coefficient (Wildman–Crippen LogP) is 1.15. The summed E-state index contributed by atoms with van der Waals surface area (Å²) in [5.41, 5.74) is 0.625. The van der Waals surface area contributed by atoms with E-state index in [2.05, 4.69) is 4.98 Å². The smallest absolute Gasteiger partial charge is 0.146 e. The molecule has 72 valence electrons. The van der Waals surface area contributed by atoms with E-state index in [1.165, 1.54) is 14.2 Å². The molecule has 1 aromatic heterocycles. The largest absolute Gasteiger partial charge is 0.495 e. The van der Waals surface area contributed by atoms with Gasteiger partial charge in [0.1, 0.15) is 11.5 Å². The highest BCUT2D eigenvalue weighted by Gasteiger charge is 2.14. The summed E-state index contributed by atoms with van der Waals surface area (Å²) in [5, 5.41) is 9.46. The Labute approximate surface area is 77.1 Å². The summed E-state index contributed by atoms with van der Waals surface area (Å²) in [7, 11) is 3.06. The molecule has 4 nitrogen and oxygen atoms in total. The van der Waals surface area contributed by atoms with Crippen LogP contribution in [0.15, 0.2) is 12.4 Å². The number of ether oxygens (including phenoxy) is 2. The highest BCUT2D eigenvalue weighted by Crippen LogP contribution is 2.32. The van der Waals surface area contributed by atoms with Crippen molar-refractivity contribution in [3.05, 3.63) is 18.0 Å². The predicted molar refractivity (Wildman–Crippen MR) is 48.0 cm³/mol. The van der Waals surface area contributed by atoms with Gasteiger partial charge < -0.3 is 14.6 Å². The SMILES string of the molecule is COc1cncc(OC)c1[C@H](C)O. The standard InChI is InChI=1S/C9H13NO3/c1-6(11)9-7(12-2)4-10-5-8(9)13-3/h4-6,11H,1-3H3/t6-/m0/s1. The minimum atomic E-state index is -0.632. The number of aliphatic hydroxyl groups is 1. The van der Waals surface area contributed by atoms with Crippen LogP contribution in [-0.4, -0.2) is 24.3 Å². The van der Waals surface area contributed by atoms with Crippen LogP contribution in [-0.2, 0) is 0 Å². The summed E-state index contributed by atoms with van der Waals surface area (Å²) < 4.78 is 10.1. The third-order valence-electron chi connectivity index (χ3n) is 1.77. The number of nitrogens with zero attached hydrogens (tertiary/aromatic N) is 1. The van der Waals surface area contributed by atoms with Gasteiger partial charge >= 0.3 is 0 Å². The molecule has 0 bridgehead atoms. The molecule has 0 saturated carbocycles. The molecule has 0 unspecified atom stereocenters. The number of aromatic nitrogens is 1. The van der Waals surface area contributed by atoms with Crippen molar-refractivity contribution in [1.82, 2.24) is 4.98 Å². The number of rotatable bonds is 3. The molecule has 0 fully saturated rings. The third kappa shape index (κ3) is 1.89. The summed E-state index contributed by atoms with van der Waals surface area (Å²) >= 11 is 0. The maximum absolute atomic E-state index is 9.46. The number of pyridine rings is 1. The first kappa shape index (κ1) is 9.80. The fourth-order valence-electron chi connectivity index (χ4n) is 1.17. The van der Waals surface area contributed by atoms with Crippen molar-refractivity contribution >= 4 is 0 Å². The van der Waals surface area contributed by atoms with Crippen molar-refractivity contribution in [1.29, 1.82) is 0 Å². The average molecular weight is 183 g/mol. The van der Waals surface area contributed by atoms with Crippen LogP contribution in [0.25, 0.3) is 0 Å². The Balaban J connectivity index is 3.21. The fraction of sp³-hybridized carbons (Fsp3) is 0.444. The molecular weight excluding hydrogens is 170 g/mol. The number of methoxy groups -OCH3 is 2. The molecule has 1 atom stereocenters. The van der Waals surface area contributed by atoms with Crippen LogP contribution < -0.4 is 9.47 Å². The molecule has 1 N–H and O–H groups in total. The van der Waals surface area contributed by atoms with E-state index in [1.54, 1.807) is 19.3 Å². The summed E-state index contributed by atoms with van der Waals surface area (Å²) in [6.07, 6.45) is 2.46. The summed E-state index contributed by atoms with van der Waals surface area (Å²) in [6.45, 7) is 1.65. The Morgan fingerprint density at radius 1 is 1.23 bits per heavy atom. The minimum Gasteiger partial charge on any atom is -0.495 e. The van der Waals surface area contributed by atoms with Crippen molar-refractivity contribution < 1.29 is 14.6 Å². The normalized spacial score (nSPS) is 12.3. The highest BCUT2D eigenvalue weighted by molar-refractivity contribution is 5.42. The van der Waals surface area contributed by atoms with Crippen LogP contribution in [0.3, 0.4) is 0 Å². The molecule has 0 amide bonds. The number of hydrogen-bond donors (Lipinski definition) is 1. The van der Waals surface area contributed by atoms with E-state index in [0.29, 0.717) is 17.1 Å². The van der Waals surface area contributed by atoms with Gasteiger partial charge in [-0.15, -0.1) is 0 Å². The molecule has 1 rings (SSSR count). The van der Waals surface area contributed by atoms with Gasteiger partial charge in [-0.05, 0) is 6.92 Å². The average Bonchev–Trinajstić information content (AvgIpc) is 2.16. The van der Waals surface area contributed by atoms with Gasteiger partial charge in [0.2, 0.25) is 0 Å². The summed E-state index contributed by atoms with van der Waals surface area (Å²) in [5.74, 6) is 1.07. The van der Waals surface area contributed by atoms with Crippen molar-refractivity contribution in [2.75, 3.05) is 14.2 Å². The zero-order chi connectivity index (χ0) is 9.84. The van der Waals surface area contributed by atoms with E-state index in [0.717, 1.165) is 0 Å². The first-order valence-electron chi connectivity index (χ1n) is 3.94. The van der Waals surface area contributed by atoms with E-state index in [1.807, 2.05) is 0 Å². The highest BCUT2D eigenvalue weighted by atomic mass is 16.5. The van der Waals surface area contributed by atoms with Gasteiger partial charge in [0.25, 0.3) is 0 Å². The van der Waals surface area contributed by atoms with E-state index < -0.39 is 6.10 Å². The van der Waals surface area contributed by atoms with Crippen LogP contribution in [0.4, 0.5) is 0 Å². The topological polar surface area (TPSA) is 51.6 Å². The molecule has 0 aliphatic carbocycles. The van der Waals surface area contributed by atoms with E-state index in [4.69, 9.17) is 9.47 Å². The van der Waals surface area contributed by atoms with Crippen molar-refractivity contribution in [3.63, 3.8) is 0 Å². The van der Waals surface area contributed by atoms with Gasteiger partial charge in [-0.25, -0.2) is 0 Å². The fourth-order valence-corrected chi connectivity index (χ4v) is 1.17. The number of aliphatic hydroxyl groups excluding tert-OH is 1. The first-order chi connectivity index (χ1) is 6.20. The van der Waals surface area contributed by atoms with Gasteiger partial charge in [0.15, 0.2) is 0 Å². The van der Waals surface area contributed by atoms with Crippen molar-refractivity contribution in [2.24, 2.45) is 0 Å². The van der Waals surface area contributed by atoms with Crippen LogP contribution in [0.2, 0.25) is 0 Å². The molecule has 1 aromatic rings.